The molecule has 1 heterocycles. The van der Waals surface area contributed by atoms with Crippen molar-refractivity contribution in [3.05, 3.63) is 46.6 Å². The van der Waals surface area contributed by atoms with Crippen molar-refractivity contribution < 1.29 is 36.9 Å². The molecule has 0 radical (unpaired) electrons. The molecular formula is C21H23ClF3NO5. The molecule has 0 fully saturated rings. The fourth-order valence-electron chi connectivity index (χ4n) is 2.55. The van der Waals surface area contributed by atoms with Crippen molar-refractivity contribution in [1.29, 1.82) is 0 Å². The van der Waals surface area contributed by atoms with E-state index in [1.807, 2.05) is 0 Å². The minimum Gasteiger partial charge on any atom is -0.493 e. The predicted molar refractivity (Wildman–Crippen MR) is 108 cm³/mol. The van der Waals surface area contributed by atoms with Crippen molar-refractivity contribution in [2.75, 3.05) is 26.9 Å². The fourth-order valence-corrected chi connectivity index (χ4v) is 2.75. The molecule has 0 spiro atoms. The zero-order valence-corrected chi connectivity index (χ0v) is 17.9. The number of esters is 1. The number of carbonyl (C=O) groups excluding carboxylic acids is 1. The fraction of sp³-hybridized carbons (Fsp3) is 0.429. The first-order valence-electron chi connectivity index (χ1n) is 9.55. The van der Waals surface area contributed by atoms with Crippen LogP contribution in [0.3, 0.4) is 0 Å². The summed E-state index contributed by atoms with van der Waals surface area (Å²) in [7, 11) is 1.59. The second-order valence-electron chi connectivity index (χ2n) is 6.38. The van der Waals surface area contributed by atoms with Crippen LogP contribution in [-0.4, -0.2) is 37.9 Å². The van der Waals surface area contributed by atoms with Crippen molar-refractivity contribution in [3.63, 3.8) is 0 Å². The van der Waals surface area contributed by atoms with Crippen LogP contribution in [0, 0.1) is 0 Å². The van der Waals surface area contributed by atoms with Crippen LogP contribution in [0.25, 0.3) is 0 Å². The molecule has 31 heavy (non-hydrogen) atoms. The van der Waals surface area contributed by atoms with E-state index in [9.17, 15) is 18.0 Å². The number of aromatic nitrogens is 1. The lowest BCUT2D eigenvalue weighted by Gasteiger charge is -2.15. The Bertz CT molecular complexity index is 877. The predicted octanol–water partition coefficient (Wildman–Crippen LogP) is 5.46. The van der Waals surface area contributed by atoms with Crippen molar-refractivity contribution in [2.45, 2.75) is 32.4 Å². The average Bonchev–Trinajstić information content (AvgIpc) is 2.71. The Balaban J connectivity index is 2.24. The van der Waals surface area contributed by atoms with Crippen LogP contribution in [0.1, 0.15) is 30.9 Å². The monoisotopic (exact) mass is 461 g/mol. The summed E-state index contributed by atoms with van der Waals surface area (Å²) in [6.07, 6.45) is -2.87. The molecule has 0 aliphatic rings. The molecule has 1 aromatic heterocycles. The molecule has 0 amide bonds. The lowest BCUT2D eigenvalue weighted by atomic mass is 10.1. The van der Waals surface area contributed by atoms with Gasteiger partial charge in [-0.1, -0.05) is 17.7 Å². The number of carbonyl (C=O) groups is 1. The number of benzene rings is 1. The summed E-state index contributed by atoms with van der Waals surface area (Å²) < 4.78 is 59.8. The van der Waals surface area contributed by atoms with Crippen molar-refractivity contribution in [2.24, 2.45) is 0 Å². The van der Waals surface area contributed by atoms with Crippen molar-refractivity contribution in [1.82, 2.24) is 4.98 Å². The minimum absolute atomic E-state index is 0.104. The van der Waals surface area contributed by atoms with Gasteiger partial charge in [0, 0.05) is 38.8 Å². The summed E-state index contributed by atoms with van der Waals surface area (Å²) in [5.74, 6) is 0.180. The zero-order chi connectivity index (χ0) is 22.9. The normalized spacial score (nSPS) is 11.3. The quantitative estimate of drug-likeness (QED) is 0.327. The highest BCUT2D eigenvalue weighted by Crippen LogP contribution is 2.36. The lowest BCUT2D eigenvalue weighted by Crippen LogP contribution is -2.07. The smallest absolute Gasteiger partial charge is 0.417 e. The van der Waals surface area contributed by atoms with Gasteiger partial charge in [-0.15, -0.1) is 0 Å². The summed E-state index contributed by atoms with van der Waals surface area (Å²) in [5, 5.41) is -0.294. The van der Waals surface area contributed by atoms with Gasteiger partial charge in [-0.25, -0.2) is 4.98 Å². The highest BCUT2D eigenvalue weighted by Gasteiger charge is 2.32. The van der Waals surface area contributed by atoms with Crippen LogP contribution in [0.15, 0.2) is 30.5 Å². The first kappa shape index (κ1) is 24.7. The van der Waals surface area contributed by atoms with E-state index in [1.54, 1.807) is 32.2 Å². The number of alkyl halides is 3. The van der Waals surface area contributed by atoms with E-state index in [1.165, 1.54) is 0 Å². The number of nitrogens with zero attached hydrogens (tertiary/aromatic N) is 1. The van der Waals surface area contributed by atoms with Gasteiger partial charge in [0.05, 0.1) is 18.8 Å². The molecule has 1 aromatic carbocycles. The molecule has 0 aliphatic carbocycles. The highest BCUT2D eigenvalue weighted by atomic mass is 35.5. The molecule has 10 heteroatoms. The van der Waals surface area contributed by atoms with Crippen LogP contribution in [0.4, 0.5) is 13.2 Å². The topological polar surface area (TPSA) is 66.9 Å². The number of pyridine rings is 1. The Kier molecular flexibility index (Phi) is 9.39. The molecule has 0 saturated heterocycles. The SMILES string of the molecule is CCOC(=O)CCc1ccc(OCCCOC)cc1Oc1ncc(C(F)(F)F)cc1Cl. The number of methoxy groups -OCH3 is 1. The van der Waals surface area contributed by atoms with Gasteiger partial charge in [-0.3, -0.25) is 4.79 Å². The molecule has 0 atom stereocenters. The maximum atomic E-state index is 12.8. The van der Waals surface area contributed by atoms with Gasteiger partial charge >= 0.3 is 12.1 Å². The average molecular weight is 462 g/mol. The lowest BCUT2D eigenvalue weighted by molar-refractivity contribution is -0.143. The van der Waals surface area contributed by atoms with E-state index in [0.29, 0.717) is 37.1 Å². The first-order valence-corrected chi connectivity index (χ1v) is 9.93. The van der Waals surface area contributed by atoms with Crippen LogP contribution < -0.4 is 9.47 Å². The molecule has 0 bridgehead atoms. The molecule has 0 aliphatic heterocycles. The van der Waals surface area contributed by atoms with Gasteiger partial charge in [-0.05, 0) is 31.0 Å². The van der Waals surface area contributed by atoms with Gasteiger partial charge in [0.15, 0.2) is 0 Å². The first-order chi connectivity index (χ1) is 14.7. The van der Waals surface area contributed by atoms with Crippen LogP contribution >= 0.6 is 11.6 Å². The third kappa shape index (κ3) is 7.91. The number of halogens is 4. The number of hydrogen-bond donors (Lipinski definition) is 0. The maximum Gasteiger partial charge on any atom is 0.417 e. The second kappa shape index (κ2) is 11.8. The number of hydrogen-bond acceptors (Lipinski definition) is 6. The Morgan fingerprint density at radius 1 is 1.19 bits per heavy atom. The Labute approximate surface area is 183 Å². The van der Waals surface area contributed by atoms with Crippen LogP contribution in [0.2, 0.25) is 5.02 Å². The standard InChI is InChI=1S/C21H23ClF3NO5/c1-3-29-19(27)8-6-14-5-7-16(30-10-4-9-28-2)12-18(14)31-20-17(22)11-15(13-26-20)21(23,24)25/h5,7,11-13H,3-4,6,8-10H2,1-2H3. The number of ether oxygens (including phenoxy) is 4. The van der Waals surface area contributed by atoms with Crippen molar-refractivity contribution >= 4 is 17.6 Å². The van der Waals surface area contributed by atoms with E-state index >= 15 is 0 Å². The van der Waals surface area contributed by atoms with Crippen LogP contribution in [-0.2, 0) is 26.9 Å². The molecular weight excluding hydrogens is 439 g/mol. The third-order valence-electron chi connectivity index (χ3n) is 4.05. The Morgan fingerprint density at radius 3 is 2.61 bits per heavy atom. The summed E-state index contributed by atoms with van der Waals surface area (Å²) in [6.45, 7) is 2.91. The molecule has 0 unspecified atom stereocenters. The van der Waals surface area contributed by atoms with E-state index in [0.717, 1.165) is 6.07 Å². The molecule has 0 N–H and O–H groups in total. The maximum absolute atomic E-state index is 12.8. The summed E-state index contributed by atoms with van der Waals surface area (Å²) in [4.78, 5) is 15.4. The highest BCUT2D eigenvalue weighted by molar-refractivity contribution is 6.31. The van der Waals surface area contributed by atoms with E-state index in [-0.39, 0.29) is 42.1 Å². The van der Waals surface area contributed by atoms with Gasteiger partial charge in [0.2, 0.25) is 5.88 Å². The summed E-state index contributed by atoms with van der Waals surface area (Å²) in [5.41, 5.74) is -0.363. The molecule has 0 saturated carbocycles. The summed E-state index contributed by atoms with van der Waals surface area (Å²) >= 11 is 5.96. The zero-order valence-electron chi connectivity index (χ0n) is 17.1. The van der Waals surface area contributed by atoms with Gasteiger partial charge < -0.3 is 18.9 Å². The van der Waals surface area contributed by atoms with E-state index < -0.39 is 11.7 Å². The third-order valence-corrected chi connectivity index (χ3v) is 4.32. The Hall–Kier alpha value is -2.52. The van der Waals surface area contributed by atoms with Crippen LogP contribution in [0.5, 0.6) is 17.4 Å². The Morgan fingerprint density at radius 2 is 1.97 bits per heavy atom. The molecule has 6 nitrogen and oxygen atoms in total. The molecule has 2 rings (SSSR count). The summed E-state index contributed by atoms with van der Waals surface area (Å²) in [6, 6.07) is 5.73. The number of rotatable bonds is 11. The minimum atomic E-state index is -4.57. The van der Waals surface area contributed by atoms with Gasteiger partial charge in [0.25, 0.3) is 0 Å². The van der Waals surface area contributed by atoms with Gasteiger partial charge in [0.1, 0.15) is 16.5 Å². The van der Waals surface area contributed by atoms with Gasteiger partial charge in [-0.2, -0.15) is 13.2 Å². The second-order valence-corrected chi connectivity index (χ2v) is 6.79. The van der Waals surface area contributed by atoms with Crippen molar-refractivity contribution in [3.8, 4) is 17.4 Å². The number of aryl methyl sites for hydroxylation is 1. The molecule has 2 aromatic rings. The van der Waals surface area contributed by atoms with E-state index in [4.69, 9.17) is 30.5 Å². The molecule has 170 valence electrons. The largest absolute Gasteiger partial charge is 0.493 e. The van der Waals surface area contributed by atoms with E-state index in [2.05, 4.69) is 4.98 Å².